The van der Waals surface area contributed by atoms with Crippen molar-refractivity contribution in [3.63, 3.8) is 0 Å². The molecule has 2 heterocycles. The molecular weight excluding hydrogens is 242 g/mol. The average molecular weight is 263 g/mol. The number of amides is 1. The van der Waals surface area contributed by atoms with Crippen LogP contribution in [0.5, 0.6) is 5.88 Å². The standard InChI is InChI=1S/C14H21N3O2/c1-10-5-3-6-11(9-15)17(10)14(18)12-7-4-8-16-13(12)19-2/h4,7-8,10-11H,3,5-6,9,15H2,1-2H3. The molecule has 0 radical (unpaired) electrons. The number of piperidine rings is 1. The number of hydrogen-bond acceptors (Lipinski definition) is 4. The van der Waals surface area contributed by atoms with E-state index in [1.54, 1.807) is 18.3 Å². The van der Waals surface area contributed by atoms with Gasteiger partial charge in [-0.3, -0.25) is 4.79 Å². The van der Waals surface area contributed by atoms with Crippen LogP contribution in [0, 0.1) is 0 Å². The van der Waals surface area contributed by atoms with E-state index in [2.05, 4.69) is 11.9 Å². The smallest absolute Gasteiger partial charge is 0.259 e. The number of hydrogen-bond donors (Lipinski definition) is 1. The highest BCUT2D eigenvalue weighted by Crippen LogP contribution is 2.26. The summed E-state index contributed by atoms with van der Waals surface area (Å²) in [5.41, 5.74) is 6.31. The Morgan fingerprint density at radius 2 is 2.37 bits per heavy atom. The highest BCUT2D eigenvalue weighted by molar-refractivity contribution is 5.96. The van der Waals surface area contributed by atoms with E-state index in [9.17, 15) is 4.79 Å². The van der Waals surface area contributed by atoms with E-state index in [1.165, 1.54) is 7.11 Å². The Kier molecular flexibility index (Phi) is 4.37. The number of nitrogens with zero attached hydrogens (tertiary/aromatic N) is 2. The van der Waals surface area contributed by atoms with Crippen LogP contribution in [-0.4, -0.2) is 41.5 Å². The Morgan fingerprint density at radius 3 is 3.05 bits per heavy atom. The first-order chi connectivity index (χ1) is 9.19. The number of methoxy groups -OCH3 is 1. The van der Waals surface area contributed by atoms with Gasteiger partial charge in [-0.1, -0.05) is 0 Å². The van der Waals surface area contributed by atoms with Gasteiger partial charge < -0.3 is 15.4 Å². The second kappa shape index (κ2) is 6.02. The maximum absolute atomic E-state index is 12.7. The molecule has 1 fully saturated rings. The van der Waals surface area contributed by atoms with E-state index >= 15 is 0 Å². The summed E-state index contributed by atoms with van der Waals surface area (Å²) in [7, 11) is 1.53. The second-order valence-corrected chi connectivity index (χ2v) is 4.94. The number of rotatable bonds is 3. The lowest BCUT2D eigenvalue weighted by molar-refractivity contribution is 0.0490. The Bertz CT molecular complexity index is 450. The summed E-state index contributed by atoms with van der Waals surface area (Å²) in [5, 5.41) is 0. The summed E-state index contributed by atoms with van der Waals surface area (Å²) in [4.78, 5) is 18.7. The van der Waals surface area contributed by atoms with Crippen molar-refractivity contribution in [2.45, 2.75) is 38.3 Å². The van der Waals surface area contributed by atoms with E-state index in [0.29, 0.717) is 18.0 Å². The molecule has 2 unspecified atom stereocenters. The lowest BCUT2D eigenvalue weighted by atomic mass is 9.95. The third kappa shape index (κ3) is 2.71. The van der Waals surface area contributed by atoms with Gasteiger partial charge in [0.1, 0.15) is 5.56 Å². The minimum Gasteiger partial charge on any atom is -0.480 e. The van der Waals surface area contributed by atoms with Crippen molar-refractivity contribution in [1.82, 2.24) is 9.88 Å². The van der Waals surface area contributed by atoms with E-state index < -0.39 is 0 Å². The molecule has 1 aromatic rings. The van der Waals surface area contributed by atoms with Crippen LogP contribution in [0.4, 0.5) is 0 Å². The van der Waals surface area contributed by atoms with Gasteiger partial charge in [0.25, 0.3) is 5.91 Å². The second-order valence-electron chi connectivity index (χ2n) is 4.94. The number of carbonyl (C=O) groups is 1. The molecule has 19 heavy (non-hydrogen) atoms. The van der Waals surface area contributed by atoms with Crippen molar-refractivity contribution in [3.05, 3.63) is 23.9 Å². The van der Waals surface area contributed by atoms with E-state index in [4.69, 9.17) is 10.5 Å². The zero-order valence-electron chi connectivity index (χ0n) is 11.5. The van der Waals surface area contributed by atoms with Gasteiger partial charge in [0.15, 0.2) is 0 Å². The number of carbonyl (C=O) groups excluding carboxylic acids is 1. The fraction of sp³-hybridized carbons (Fsp3) is 0.571. The van der Waals surface area contributed by atoms with Crippen molar-refractivity contribution >= 4 is 5.91 Å². The third-order valence-corrected chi connectivity index (χ3v) is 3.73. The predicted octanol–water partition coefficient (Wildman–Crippen LogP) is 1.43. The molecule has 0 spiro atoms. The van der Waals surface area contributed by atoms with E-state index in [1.807, 2.05) is 4.90 Å². The van der Waals surface area contributed by atoms with Gasteiger partial charge in [0, 0.05) is 24.8 Å². The summed E-state index contributed by atoms with van der Waals surface area (Å²) >= 11 is 0. The van der Waals surface area contributed by atoms with Gasteiger partial charge in [-0.05, 0) is 38.3 Å². The summed E-state index contributed by atoms with van der Waals surface area (Å²) in [6.07, 6.45) is 4.73. The lowest BCUT2D eigenvalue weighted by Gasteiger charge is -2.40. The Balaban J connectivity index is 2.30. The molecule has 0 saturated carbocycles. The first kappa shape index (κ1) is 13.8. The van der Waals surface area contributed by atoms with Crippen LogP contribution in [0.2, 0.25) is 0 Å². The van der Waals surface area contributed by atoms with Crippen LogP contribution in [0.25, 0.3) is 0 Å². The van der Waals surface area contributed by atoms with Gasteiger partial charge in [-0.25, -0.2) is 4.98 Å². The van der Waals surface area contributed by atoms with Crippen molar-refractivity contribution < 1.29 is 9.53 Å². The fourth-order valence-corrected chi connectivity index (χ4v) is 2.74. The molecule has 104 valence electrons. The number of pyridine rings is 1. The summed E-state index contributed by atoms with van der Waals surface area (Å²) in [6.45, 7) is 2.57. The van der Waals surface area contributed by atoms with Crippen LogP contribution in [-0.2, 0) is 0 Å². The van der Waals surface area contributed by atoms with Crippen LogP contribution in [0.3, 0.4) is 0 Å². The molecule has 1 aliphatic heterocycles. The summed E-state index contributed by atoms with van der Waals surface area (Å²) in [5.74, 6) is 0.341. The van der Waals surface area contributed by atoms with Crippen molar-refractivity contribution in [3.8, 4) is 5.88 Å². The minimum absolute atomic E-state index is 0.0346. The molecule has 2 N–H and O–H groups in total. The fourth-order valence-electron chi connectivity index (χ4n) is 2.74. The predicted molar refractivity (Wildman–Crippen MR) is 73.1 cm³/mol. The SMILES string of the molecule is COc1ncccc1C(=O)N1C(C)CCCC1CN. The minimum atomic E-state index is -0.0346. The molecule has 1 amide bonds. The zero-order chi connectivity index (χ0) is 13.8. The molecule has 1 aliphatic rings. The maximum Gasteiger partial charge on any atom is 0.259 e. The Hall–Kier alpha value is -1.62. The van der Waals surface area contributed by atoms with Gasteiger partial charge in [-0.15, -0.1) is 0 Å². The molecule has 5 nitrogen and oxygen atoms in total. The maximum atomic E-state index is 12.7. The van der Waals surface area contributed by atoms with Crippen molar-refractivity contribution in [2.24, 2.45) is 5.73 Å². The zero-order valence-corrected chi connectivity index (χ0v) is 11.5. The molecule has 0 aliphatic carbocycles. The molecule has 1 aromatic heterocycles. The number of nitrogens with two attached hydrogens (primary N) is 1. The van der Waals surface area contributed by atoms with Gasteiger partial charge in [0.05, 0.1) is 7.11 Å². The van der Waals surface area contributed by atoms with Gasteiger partial charge in [0.2, 0.25) is 5.88 Å². The van der Waals surface area contributed by atoms with E-state index in [-0.39, 0.29) is 18.0 Å². The van der Waals surface area contributed by atoms with Crippen LogP contribution < -0.4 is 10.5 Å². The normalized spacial score (nSPS) is 23.2. The largest absolute Gasteiger partial charge is 0.480 e. The van der Waals surface area contributed by atoms with E-state index in [0.717, 1.165) is 19.3 Å². The molecule has 2 rings (SSSR count). The molecule has 2 atom stereocenters. The topological polar surface area (TPSA) is 68.5 Å². The molecular formula is C14H21N3O2. The van der Waals surface area contributed by atoms with Crippen molar-refractivity contribution in [1.29, 1.82) is 0 Å². The Labute approximate surface area is 113 Å². The number of ether oxygens (including phenoxy) is 1. The summed E-state index contributed by atoms with van der Waals surface area (Å²) < 4.78 is 5.17. The first-order valence-corrected chi connectivity index (χ1v) is 6.70. The highest BCUT2D eigenvalue weighted by Gasteiger charge is 2.32. The molecule has 5 heteroatoms. The highest BCUT2D eigenvalue weighted by atomic mass is 16.5. The van der Waals surface area contributed by atoms with Crippen LogP contribution in [0.15, 0.2) is 18.3 Å². The number of likely N-dealkylation sites (tertiary alicyclic amines) is 1. The third-order valence-electron chi connectivity index (χ3n) is 3.73. The molecule has 0 bridgehead atoms. The van der Waals surface area contributed by atoms with Crippen LogP contribution in [0.1, 0.15) is 36.5 Å². The van der Waals surface area contributed by atoms with Gasteiger partial charge in [-0.2, -0.15) is 0 Å². The monoisotopic (exact) mass is 263 g/mol. The Morgan fingerprint density at radius 1 is 1.58 bits per heavy atom. The first-order valence-electron chi connectivity index (χ1n) is 6.70. The molecule has 1 saturated heterocycles. The number of aromatic nitrogens is 1. The average Bonchev–Trinajstić information content (AvgIpc) is 2.46. The quantitative estimate of drug-likeness (QED) is 0.895. The van der Waals surface area contributed by atoms with Crippen LogP contribution >= 0.6 is 0 Å². The molecule has 0 aromatic carbocycles. The summed E-state index contributed by atoms with van der Waals surface area (Å²) in [6, 6.07) is 3.83. The lowest BCUT2D eigenvalue weighted by Crippen LogP contribution is -2.51. The van der Waals surface area contributed by atoms with Gasteiger partial charge >= 0.3 is 0 Å². The van der Waals surface area contributed by atoms with Crippen molar-refractivity contribution in [2.75, 3.05) is 13.7 Å².